The van der Waals surface area contributed by atoms with Crippen LogP contribution in [0, 0.1) is 5.82 Å². The lowest BCUT2D eigenvalue weighted by molar-refractivity contribution is 0.0347. The third-order valence-electron chi connectivity index (χ3n) is 3.91. The number of nitrogens with zero attached hydrogens (tertiary/aromatic N) is 1. The molecule has 2 rings (SSSR count). The topological polar surface area (TPSA) is 64.1 Å². The second-order valence-corrected chi connectivity index (χ2v) is 6.26. The largest absolute Gasteiger partial charge is 0.491 e. The number of ether oxygens (including phenoxy) is 3. The number of nitrogens with one attached hydrogen (secondary N) is 2. The number of benzene rings is 1. The summed E-state index contributed by atoms with van der Waals surface area (Å²) in [6, 6.07) is 5.04. The van der Waals surface area contributed by atoms with Crippen molar-refractivity contribution in [3.8, 4) is 5.75 Å². The Balaban J connectivity index is 0.00000364. The molecule has 0 spiro atoms. The third-order valence-corrected chi connectivity index (χ3v) is 3.91. The first kappa shape index (κ1) is 23.9. The Hall–Kier alpha value is -1.13. The van der Waals surface area contributed by atoms with Gasteiger partial charge in [0.1, 0.15) is 0 Å². The maximum absolute atomic E-state index is 13.9. The Morgan fingerprint density at radius 1 is 1.41 bits per heavy atom. The summed E-state index contributed by atoms with van der Waals surface area (Å²) in [6.07, 6.45) is 1.13. The van der Waals surface area contributed by atoms with Crippen molar-refractivity contribution in [2.75, 3.05) is 33.0 Å². The summed E-state index contributed by atoms with van der Waals surface area (Å²) in [7, 11) is 0. The van der Waals surface area contributed by atoms with Gasteiger partial charge in [0.15, 0.2) is 17.5 Å². The Morgan fingerprint density at radius 3 is 2.85 bits per heavy atom. The maximum Gasteiger partial charge on any atom is 0.191 e. The molecule has 1 aromatic rings. The first-order valence-corrected chi connectivity index (χ1v) is 9.27. The lowest BCUT2D eigenvalue weighted by Crippen LogP contribution is -2.44. The highest BCUT2D eigenvalue weighted by molar-refractivity contribution is 14.0. The van der Waals surface area contributed by atoms with Crippen LogP contribution in [0.15, 0.2) is 23.2 Å². The van der Waals surface area contributed by atoms with Crippen molar-refractivity contribution in [2.45, 2.75) is 45.9 Å². The molecule has 2 N–H and O–H groups in total. The zero-order valence-corrected chi connectivity index (χ0v) is 18.6. The fourth-order valence-corrected chi connectivity index (χ4v) is 2.61. The second kappa shape index (κ2) is 13.1. The average molecular weight is 495 g/mol. The standard InChI is InChI=1S/C19H30FN3O3.HI/c1-4-21-19(23-14(3)12-26-16-8-9-24-13-16)22-11-15-6-7-18(25-5-2)17(20)10-15;/h6-7,10,14,16H,4-5,8-9,11-13H2,1-3H3,(H2,21,22,23);1H. The van der Waals surface area contributed by atoms with Gasteiger partial charge in [0.25, 0.3) is 0 Å². The highest BCUT2D eigenvalue weighted by atomic mass is 127. The zero-order chi connectivity index (χ0) is 18.8. The van der Waals surface area contributed by atoms with Crippen LogP contribution in [0.3, 0.4) is 0 Å². The van der Waals surface area contributed by atoms with Crippen molar-refractivity contribution in [3.05, 3.63) is 29.6 Å². The molecule has 0 amide bonds. The lowest BCUT2D eigenvalue weighted by Gasteiger charge is -2.19. The van der Waals surface area contributed by atoms with Crippen molar-refractivity contribution in [3.63, 3.8) is 0 Å². The molecule has 2 unspecified atom stereocenters. The second-order valence-electron chi connectivity index (χ2n) is 6.26. The number of hydrogen-bond acceptors (Lipinski definition) is 4. The average Bonchev–Trinajstić information content (AvgIpc) is 3.14. The molecule has 1 aromatic carbocycles. The molecule has 1 fully saturated rings. The Morgan fingerprint density at radius 2 is 2.22 bits per heavy atom. The molecule has 0 radical (unpaired) electrons. The molecule has 27 heavy (non-hydrogen) atoms. The number of rotatable bonds is 9. The van der Waals surface area contributed by atoms with Gasteiger partial charge in [0.05, 0.1) is 32.5 Å². The highest BCUT2D eigenvalue weighted by Gasteiger charge is 2.17. The van der Waals surface area contributed by atoms with Crippen LogP contribution in [0.1, 0.15) is 32.8 Å². The number of hydrogen-bond donors (Lipinski definition) is 2. The summed E-state index contributed by atoms with van der Waals surface area (Å²) < 4.78 is 30.3. The van der Waals surface area contributed by atoms with E-state index in [4.69, 9.17) is 14.2 Å². The van der Waals surface area contributed by atoms with Gasteiger partial charge in [-0.1, -0.05) is 6.07 Å². The molecule has 0 bridgehead atoms. The predicted molar refractivity (Wildman–Crippen MR) is 116 cm³/mol. The number of aliphatic imine (C=N–C) groups is 1. The highest BCUT2D eigenvalue weighted by Crippen LogP contribution is 2.18. The van der Waals surface area contributed by atoms with E-state index in [9.17, 15) is 4.39 Å². The van der Waals surface area contributed by atoms with E-state index in [1.165, 1.54) is 6.07 Å². The van der Waals surface area contributed by atoms with Gasteiger partial charge in [-0.25, -0.2) is 9.38 Å². The normalized spacial score (nSPS) is 17.9. The van der Waals surface area contributed by atoms with Gasteiger partial charge in [0, 0.05) is 19.2 Å². The van der Waals surface area contributed by atoms with E-state index in [0.29, 0.717) is 32.3 Å². The van der Waals surface area contributed by atoms with Crippen LogP contribution in [0.25, 0.3) is 0 Å². The van der Waals surface area contributed by atoms with Crippen molar-refractivity contribution in [1.29, 1.82) is 0 Å². The zero-order valence-electron chi connectivity index (χ0n) is 16.3. The van der Waals surface area contributed by atoms with Crippen molar-refractivity contribution in [2.24, 2.45) is 4.99 Å². The van der Waals surface area contributed by atoms with E-state index in [1.807, 2.05) is 26.8 Å². The van der Waals surface area contributed by atoms with Gasteiger partial charge in [-0.05, 0) is 44.9 Å². The molecule has 6 nitrogen and oxygen atoms in total. The van der Waals surface area contributed by atoms with Gasteiger partial charge < -0.3 is 24.8 Å². The molecule has 8 heteroatoms. The molecule has 154 valence electrons. The molecule has 0 aliphatic carbocycles. The van der Waals surface area contributed by atoms with Crippen LogP contribution in [0.5, 0.6) is 5.75 Å². The van der Waals surface area contributed by atoms with E-state index in [2.05, 4.69) is 15.6 Å². The maximum atomic E-state index is 13.9. The summed E-state index contributed by atoms with van der Waals surface area (Å²) in [4.78, 5) is 4.53. The fourth-order valence-electron chi connectivity index (χ4n) is 2.61. The SMILES string of the molecule is CCNC(=NCc1ccc(OCC)c(F)c1)NC(C)COC1CCOC1.I. The lowest BCUT2D eigenvalue weighted by atomic mass is 10.2. The third kappa shape index (κ3) is 8.61. The smallest absolute Gasteiger partial charge is 0.191 e. The van der Waals surface area contributed by atoms with Gasteiger partial charge in [-0.2, -0.15) is 0 Å². The van der Waals surface area contributed by atoms with Crippen LogP contribution >= 0.6 is 24.0 Å². The molecular formula is C19H31FIN3O3. The van der Waals surface area contributed by atoms with Gasteiger partial charge in [-0.3, -0.25) is 0 Å². The van der Waals surface area contributed by atoms with E-state index in [1.54, 1.807) is 6.07 Å². The van der Waals surface area contributed by atoms with Gasteiger partial charge in [0.2, 0.25) is 0 Å². The summed E-state index contributed by atoms with van der Waals surface area (Å²) in [5.74, 6) is 0.588. The molecular weight excluding hydrogens is 464 g/mol. The summed E-state index contributed by atoms with van der Waals surface area (Å²) in [5, 5.41) is 6.51. The van der Waals surface area contributed by atoms with Crippen molar-refractivity contribution in [1.82, 2.24) is 10.6 Å². The van der Waals surface area contributed by atoms with Crippen LogP contribution in [-0.2, 0) is 16.0 Å². The Bertz CT molecular complexity index is 583. The summed E-state index contributed by atoms with van der Waals surface area (Å²) in [6.45, 7) is 9.46. The van der Waals surface area contributed by atoms with Crippen LogP contribution < -0.4 is 15.4 Å². The quantitative estimate of drug-likeness (QED) is 0.313. The minimum Gasteiger partial charge on any atom is -0.491 e. The van der Waals surface area contributed by atoms with Crippen molar-refractivity contribution >= 4 is 29.9 Å². The minimum atomic E-state index is -0.363. The minimum absolute atomic E-state index is 0. The first-order chi connectivity index (χ1) is 12.6. The van der Waals surface area contributed by atoms with Crippen LogP contribution in [0.2, 0.25) is 0 Å². The summed E-state index contributed by atoms with van der Waals surface area (Å²) >= 11 is 0. The Labute approximate surface area is 178 Å². The van der Waals surface area contributed by atoms with Crippen LogP contribution in [-0.4, -0.2) is 51.1 Å². The van der Waals surface area contributed by atoms with Gasteiger partial charge in [-0.15, -0.1) is 24.0 Å². The predicted octanol–water partition coefficient (Wildman–Crippen LogP) is 3.09. The van der Waals surface area contributed by atoms with Crippen molar-refractivity contribution < 1.29 is 18.6 Å². The van der Waals surface area contributed by atoms with E-state index >= 15 is 0 Å². The molecule has 1 aliphatic heterocycles. The number of guanidine groups is 1. The molecule has 1 saturated heterocycles. The number of halogens is 2. The molecule has 2 atom stereocenters. The van der Waals surface area contributed by atoms with E-state index < -0.39 is 0 Å². The molecule has 1 heterocycles. The Kier molecular flexibility index (Phi) is 11.6. The molecule has 1 aliphatic rings. The van der Waals surface area contributed by atoms with Crippen LogP contribution in [0.4, 0.5) is 4.39 Å². The molecule has 0 aromatic heterocycles. The monoisotopic (exact) mass is 495 g/mol. The summed E-state index contributed by atoms with van der Waals surface area (Å²) in [5.41, 5.74) is 0.787. The fraction of sp³-hybridized carbons (Fsp3) is 0.632. The van der Waals surface area contributed by atoms with E-state index in [-0.39, 0.29) is 47.7 Å². The van der Waals surface area contributed by atoms with Gasteiger partial charge >= 0.3 is 0 Å². The molecule has 0 saturated carbocycles. The van der Waals surface area contributed by atoms with E-state index in [0.717, 1.165) is 25.1 Å². The first-order valence-electron chi connectivity index (χ1n) is 9.27.